The summed E-state index contributed by atoms with van der Waals surface area (Å²) >= 11 is 6.09. The molecule has 0 atom stereocenters. The lowest BCUT2D eigenvalue weighted by atomic mass is 9.79. The van der Waals surface area contributed by atoms with E-state index in [1.807, 2.05) is 24.3 Å². The predicted octanol–water partition coefficient (Wildman–Crippen LogP) is 4.15. The second-order valence-corrected chi connectivity index (χ2v) is 9.01. The Morgan fingerprint density at radius 2 is 1.70 bits per heavy atom. The molecule has 3 rings (SSSR count). The second-order valence-electron chi connectivity index (χ2n) is 6.84. The van der Waals surface area contributed by atoms with Crippen LogP contribution < -0.4 is 14.2 Å². The SMILES string of the molecule is COc1ccc(C2(CNS(=O)(=O)c3ccc(OC)c(Cl)c3)CCCC2)cc1. The van der Waals surface area contributed by atoms with Crippen LogP contribution in [0.25, 0.3) is 0 Å². The van der Waals surface area contributed by atoms with E-state index >= 15 is 0 Å². The molecule has 2 aromatic carbocycles. The normalized spacial score (nSPS) is 16.3. The molecule has 1 aliphatic rings. The van der Waals surface area contributed by atoms with Crippen LogP contribution in [0.3, 0.4) is 0 Å². The van der Waals surface area contributed by atoms with E-state index in [4.69, 9.17) is 21.1 Å². The molecular formula is C20H24ClNO4S. The minimum Gasteiger partial charge on any atom is -0.497 e. The van der Waals surface area contributed by atoms with Gasteiger partial charge < -0.3 is 9.47 Å². The average molecular weight is 410 g/mol. The van der Waals surface area contributed by atoms with Crippen LogP contribution in [0, 0.1) is 0 Å². The summed E-state index contributed by atoms with van der Waals surface area (Å²) in [5, 5.41) is 0.270. The molecule has 0 saturated heterocycles. The summed E-state index contributed by atoms with van der Waals surface area (Å²) in [6.07, 6.45) is 4.07. The number of benzene rings is 2. The molecule has 1 N–H and O–H groups in total. The van der Waals surface area contributed by atoms with Crippen molar-refractivity contribution in [1.82, 2.24) is 4.72 Å². The highest BCUT2D eigenvalue weighted by Crippen LogP contribution is 2.41. The lowest BCUT2D eigenvalue weighted by Crippen LogP contribution is -2.39. The molecule has 7 heteroatoms. The molecule has 2 aromatic rings. The Morgan fingerprint density at radius 1 is 1.04 bits per heavy atom. The van der Waals surface area contributed by atoms with Crippen molar-refractivity contribution in [2.45, 2.75) is 36.0 Å². The lowest BCUT2D eigenvalue weighted by molar-refractivity contribution is 0.410. The van der Waals surface area contributed by atoms with Crippen LogP contribution in [0.1, 0.15) is 31.2 Å². The van der Waals surface area contributed by atoms with Gasteiger partial charge in [-0.25, -0.2) is 13.1 Å². The topological polar surface area (TPSA) is 64.6 Å². The number of nitrogens with one attached hydrogen (secondary N) is 1. The van der Waals surface area contributed by atoms with E-state index in [2.05, 4.69) is 4.72 Å². The summed E-state index contributed by atoms with van der Waals surface area (Å²) in [6.45, 7) is 0.352. The molecule has 0 spiro atoms. The van der Waals surface area contributed by atoms with Gasteiger partial charge in [-0.05, 0) is 48.7 Å². The van der Waals surface area contributed by atoms with Crippen LogP contribution in [-0.4, -0.2) is 29.2 Å². The first-order valence-electron chi connectivity index (χ1n) is 8.88. The fourth-order valence-electron chi connectivity index (χ4n) is 3.69. The second kappa shape index (κ2) is 8.09. The van der Waals surface area contributed by atoms with Crippen LogP contribution in [0.15, 0.2) is 47.4 Å². The molecular weight excluding hydrogens is 386 g/mol. The van der Waals surface area contributed by atoms with Crippen LogP contribution in [-0.2, 0) is 15.4 Å². The van der Waals surface area contributed by atoms with Crippen LogP contribution >= 0.6 is 11.6 Å². The molecule has 146 valence electrons. The molecule has 1 aliphatic carbocycles. The van der Waals surface area contributed by atoms with Crippen LogP contribution in [0.2, 0.25) is 5.02 Å². The van der Waals surface area contributed by atoms with Crippen molar-refractivity contribution in [2.24, 2.45) is 0 Å². The maximum atomic E-state index is 12.8. The van der Waals surface area contributed by atoms with Crippen molar-refractivity contribution in [1.29, 1.82) is 0 Å². The lowest BCUT2D eigenvalue weighted by Gasteiger charge is -2.30. The van der Waals surface area contributed by atoms with Crippen LogP contribution in [0.5, 0.6) is 11.5 Å². The molecule has 27 heavy (non-hydrogen) atoms. The molecule has 0 radical (unpaired) electrons. The predicted molar refractivity (Wildman–Crippen MR) is 106 cm³/mol. The van der Waals surface area contributed by atoms with Crippen LogP contribution in [0.4, 0.5) is 0 Å². The number of hydrogen-bond acceptors (Lipinski definition) is 4. The monoisotopic (exact) mass is 409 g/mol. The van der Waals surface area contributed by atoms with Crippen molar-refractivity contribution in [3.05, 3.63) is 53.1 Å². The Labute approximate surface area is 165 Å². The summed E-state index contributed by atoms with van der Waals surface area (Å²) < 4.78 is 38.7. The number of sulfonamides is 1. The minimum atomic E-state index is -3.67. The molecule has 0 unspecified atom stereocenters. The van der Waals surface area contributed by atoms with Gasteiger partial charge in [-0.3, -0.25) is 0 Å². The number of rotatable bonds is 7. The molecule has 0 amide bonds. The van der Waals surface area contributed by atoms with Crippen molar-refractivity contribution in [3.63, 3.8) is 0 Å². The Morgan fingerprint density at radius 3 is 2.26 bits per heavy atom. The highest BCUT2D eigenvalue weighted by Gasteiger charge is 2.36. The Balaban J connectivity index is 1.82. The van der Waals surface area contributed by atoms with Gasteiger partial charge in [0.25, 0.3) is 0 Å². The zero-order chi connectivity index (χ0) is 19.5. The third-order valence-corrected chi connectivity index (χ3v) is 6.99. The summed E-state index contributed by atoms with van der Waals surface area (Å²) in [5.74, 6) is 1.24. The number of methoxy groups -OCH3 is 2. The summed E-state index contributed by atoms with van der Waals surface area (Å²) in [7, 11) is -0.543. The fraction of sp³-hybridized carbons (Fsp3) is 0.400. The van der Waals surface area contributed by atoms with E-state index < -0.39 is 10.0 Å². The number of halogens is 1. The van der Waals surface area contributed by atoms with Gasteiger partial charge in [0.05, 0.1) is 24.1 Å². The van der Waals surface area contributed by atoms with Crippen molar-refractivity contribution in [2.75, 3.05) is 20.8 Å². The average Bonchev–Trinajstić information content (AvgIpc) is 3.17. The zero-order valence-corrected chi connectivity index (χ0v) is 17.1. The van der Waals surface area contributed by atoms with Gasteiger partial charge >= 0.3 is 0 Å². The van der Waals surface area contributed by atoms with Gasteiger partial charge in [0, 0.05) is 12.0 Å². The Hall–Kier alpha value is -1.76. The molecule has 0 bridgehead atoms. The van der Waals surface area contributed by atoms with E-state index in [1.54, 1.807) is 13.2 Å². The van der Waals surface area contributed by atoms with Gasteiger partial charge in [0.2, 0.25) is 10.0 Å². The molecule has 5 nitrogen and oxygen atoms in total. The van der Waals surface area contributed by atoms with E-state index in [0.717, 1.165) is 37.0 Å². The Bertz CT molecular complexity index is 891. The zero-order valence-electron chi connectivity index (χ0n) is 15.5. The van der Waals surface area contributed by atoms with Gasteiger partial charge in [0.15, 0.2) is 0 Å². The molecule has 0 aliphatic heterocycles. The molecule has 1 fully saturated rings. The van der Waals surface area contributed by atoms with Gasteiger partial charge in [0.1, 0.15) is 11.5 Å². The summed E-state index contributed by atoms with van der Waals surface area (Å²) in [5.41, 5.74) is 0.937. The van der Waals surface area contributed by atoms with Crippen molar-refractivity contribution in [3.8, 4) is 11.5 Å². The summed E-state index contributed by atoms with van der Waals surface area (Å²) in [4.78, 5) is 0.135. The molecule has 0 heterocycles. The van der Waals surface area contributed by atoms with Gasteiger partial charge in [-0.1, -0.05) is 36.6 Å². The molecule has 1 saturated carbocycles. The first kappa shape index (κ1) is 20.0. The maximum absolute atomic E-state index is 12.8. The van der Waals surface area contributed by atoms with E-state index in [1.165, 1.54) is 19.2 Å². The number of hydrogen-bond donors (Lipinski definition) is 1. The van der Waals surface area contributed by atoms with E-state index in [0.29, 0.717) is 12.3 Å². The quantitative estimate of drug-likeness (QED) is 0.746. The standard InChI is InChI=1S/C20H24ClNO4S/c1-25-16-7-5-15(6-8-16)20(11-3-4-12-20)14-22-27(23,24)17-9-10-19(26-2)18(21)13-17/h5-10,13,22H,3-4,11-12,14H2,1-2H3. The third-order valence-electron chi connectivity index (χ3n) is 5.30. The maximum Gasteiger partial charge on any atom is 0.240 e. The van der Waals surface area contributed by atoms with Gasteiger partial charge in [-0.15, -0.1) is 0 Å². The van der Waals surface area contributed by atoms with Gasteiger partial charge in [-0.2, -0.15) is 0 Å². The first-order chi connectivity index (χ1) is 12.9. The smallest absolute Gasteiger partial charge is 0.240 e. The Kier molecular flexibility index (Phi) is 5.99. The fourth-order valence-corrected chi connectivity index (χ4v) is 5.17. The number of ether oxygens (including phenoxy) is 2. The highest BCUT2D eigenvalue weighted by atomic mass is 35.5. The first-order valence-corrected chi connectivity index (χ1v) is 10.7. The summed E-state index contributed by atoms with van der Waals surface area (Å²) in [6, 6.07) is 12.4. The highest BCUT2D eigenvalue weighted by molar-refractivity contribution is 7.89. The van der Waals surface area contributed by atoms with Crippen molar-refractivity contribution >= 4 is 21.6 Å². The molecule has 0 aromatic heterocycles. The largest absolute Gasteiger partial charge is 0.497 e. The van der Waals surface area contributed by atoms with Crippen molar-refractivity contribution < 1.29 is 17.9 Å². The third kappa shape index (κ3) is 4.23. The van der Waals surface area contributed by atoms with E-state index in [-0.39, 0.29) is 15.3 Å². The minimum absolute atomic E-state index is 0.135. The van der Waals surface area contributed by atoms with E-state index in [9.17, 15) is 8.42 Å².